The highest BCUT2D eigenvalue weighted by atomic mass is 127. The monoisotopic (exact) mass is 758 g/mol. The SMILES string of the molecule is CCCCCCCCCCCCCCCCC(I)[N+]1(C(I)CCCCCCCCCCCCC)CCCC1. The molecule has 1 heterocycles. The summed E-state index contributed by atoms with van der Waals surface area (Å²) in [6.45, 7) is 7.54. The minimum Gasteiger partial charge on any atom is -0.303 e. The van der Waals surface area contributed by atoms with Crippen molar-refractivity contribution in [2.24, 2.45) is 0 Å². The summed E-state index contributed by atoms with van der Waals surface area (Å²) in [6, 6.07) is 0. The minimum atomic E-state index is 0.849. The first kappa shape index (κ1) is 37.4. The van der Waals surface area contributed by atoms with E-state index in [4.69, 9.17) is 0 Å². The van der Waals surface area contributed by atoms with Gasteiger partial charge in [0.15, 0.2) is 0 Å². The number of nitrogens with zero attached hydrogens (tertiary/aromatic N) is 1. The van der Waals surface area contributed by atoms with Gasteiger partial charge in [0.2, 0.25) is 0 Å². The second-order valence-electron chi connectivity index (χ2n) is 12.8. The number of hydrogen-bond donors (Lipinski definition) is 0. The summed E-state index contributed by atoms with van der Waals surface area (Å²) in [6.07, 6.45) is 42.5. The van der Waals surface area contributed by atoms with Gasteiger partial charge in [-0.3, -0.25) is 0 Å². The predicted molar refractivity (Wildman–Crippen MR) is 191 cm³/mol. The van der Waals surface area contributed by atoms with Gasteiger partial charge in [-0.25, -0.2) is 0 Å². The number of quaternary nitrogens is 1. The van der Waals surface area contributed by atoms with E-state index in [9.17, 15) is 0 Å². The highest BCUT2D eigenvalue weighted by Gasteiger charge is 2.43. The fourth-order valence-corrected chi connectivity index (χ4v) is 10.0. The molecular formula is C35H70I2N+. The van der Waals surface area contributed by atoms with E-state index in [0.29, 0.717) is 0 Å². The minimum absolute atomic E-state index is 0.849. The van der Waals surface area contributed by atoms with E-state index in [1.165, 1.54) is 204 Å². The van der Waals surface area contributed by atoms with Crippen molar-refractivity contribution >= 4 is 45.2 Å². The van der Waals surface area contributed by atoms with E-state index in [-0.39, 0.29) is 0 Å². The second kappa shape index (κ2) is 27.3. The van der Waals surface area contributed by atoms with Gasteiger partial charge in [-0.2, -0.15) is 0 Å². The van der Waals surface area contributed by atoms with Gasteiger partial charge in [0, 0.05) is 25.7 Å². The third-order valence-corrected chi connectivity index (χ3v) is 12.8. The van der Waals surface area contributed by atoms with E-state index in [1.807, 2.05) is 0 Å². The molecule has 0 spiro atoms. The highest BCUT2D eigenvalue weighted by molar-refractivity contribution is 14.1. The third kappa shape index (κ3) is 18.8. The molecule has 0 aromatic rings. The average molecular weight is 759 g/mol. The Morgan fingerprint density at radius 2 is 0.632 bits per heavy atom. The van der Waals surface area contributed by atoms with Crippen molar-refractivity contribution in [2.45, 2.75) is 208 Å². The molecule has 0 aliphatic carbocycles. The van der Waals surface area contributed by atoms with Gasteiger partial charge < -0.3 is 4.48 Å². The van der Waals surface area contributed by atoms with Crippen LogP contribution in [-0.2, 0) is 0 Å². The second-order valence-corrected chi connectivity index (χ2v) is 15.7. The van der Waals surface area contributed by atoms with Crippen molar-refractivity contribution in [1.29, 1.82) is 0 Å². The molecule has 1 nitrogen and oxygen atoms in total. The van der Waals surface area contributed by atoms with E-state index >= 15 is 0 Å². The quantitative estimate of drug-likeness (QED) is 0.0234. The predicted octanol–water partition coefficient (Wildman–Crippen LogP) is 13.7. The van der Waals surface area contributed by atoms with Crippen LogP contribution in [-0.4, -0.2) is 25.7 Å². The summed E-state index contributed by atoms with van der Waals surface area (Å²) in [7, 11) is 0. The van der Waals surface area contributed by atoms with Crippen LogP contribution < -0.4 is 0 Å². The van der Waals surface area contributed by atoms with Crippen LogP contribution in [0.15, 0.2) is 0 Å². The van der Waals surface area contributed by atoms with Crippen LogP contribution in [0.4, 0.5) is 0 Å². The Morgan fingerprint density at radius 3 is 0.895 bits per heavy atom. The van der Waals surface area contributed by atoms with Crippen LogP contribution in [0.25, 0.3) is 0 Å². The number of rotatable bonds is 29. The lowest BCUT2D eigenvalue weighted by Gasteiger charge is -2.43. The van der Waals surface area contributed by atoms with Crippen LogP contribution in [0, 0.1) is 0 Å². The van der Waals surface area contributed by atoms with Crippen molar-refractivity contribution in [3.05, 3.63) is 0 Å². The van der Waals surface area contributed by atoms with Crippen LogP contribution >= 0.6 is 45.2 Å². The lowest BCUT2D eigenvalue weighted by molar-refractivity contribution is -0.929. The maximum absolute atomic E-state index is 2.87. The molecule has 228 valence electrons. The smallest absolute Gasteiger partial charge is 0.140 e. The van der Waals surface area contributed by atoms with E-state index in [1.54, 1.807) is 0 Å². The molecule has 0 N–H and O–H groups in total. The summed E-state index contributed by atoms with van der Waals surface area (Å²) in [4.78, 5) is 0. The zero-order chi connectivity index (χ0) is 27.6. The van der Waals surface area contributed by atoms with Gasteiger partial charge in [-0.05, 0) is 58.0 Å². The molecule has 1 aliphatic heterocycles. The van der Waals surface area contributed by atoms with Crippen molar-refractivity contribution in [2.75, 3.05) is 13.1 Å². The molecule has 3 heteroatoms. The molecule has 2 atom stereocenters. The van der Waals surface area contributed by atoms with E-state index in [0.717, 1.165) is 8.10 Å². The Kier molecular flexibility index (Phi) is 26.9. The molecule has 2 unspecified atom stereocenters. The molecule has 38 heavy (non-hydrogen) atoms. The molecule has 1 aliphatic rings. The van der Waals surface area contributed by atoms with Crippen LogP contribution in [0.5, 0.6) is 0 Å². The topological polar surface area (TPSA) is 0 Å². The first-order valence-corrected chi connectivity index (χ1v) is 20.3. The normalized spacial score (nSPS) is 16.7. The van der Waals surface area contributed by atoms with Crippen molar-refractivity contribution in [3.8, 4) is 0 Å². The molecule has 0 saturated carbocycles. The Hall–Kier alpha value is 1.42. The number of alkyl halides is 2. The van der Waals surface area contributed by atoms with Crippen LogP contribution in [0.3, 0.4) is 0 Å². The first-order valence-electron chi connectivity index (χ1n) is 17.8. The van der Waals surface area contributed by atoms with Gasteiger partial charge in [0.05, 0.1) is 13.1 Å². The number of hydrogen-bond acceptors (Lipinski definition) is 0. The van der Waals surface area contributed by atoms with Gasteiger partial charge in [-0.1, -0.05) is 162 Å². The molecule has 0 amide bonds. The molecule has 0 bridgehead atoms. The third-order valence-electron chi connectivity index (χ3n) is 9.36. The van der Waals surface area contributed by atoms with Gasteiger partial charge >= 0.3 is 0 Å². The Balaban J connectivity index is 2.04. The van der Waals surface area contributed by atoms with Gasteiger partial charge in [0.25, 0.3) is 0 Å². The standard InChI is InChI=1S/C35H70I2N/c1-3-5-7-9-11-13-15-16-17-19-21-23-25-27-31-35(37)38(32-28-29-33-38)34(36)30-26-24-22-20-18-14-12-10-8-6-4-2/h34-35H,3-33H2,1-2H3/q+1. The summed E-state index contributed by atoms with van der Waals surface area (Å²) >= 11 is 5.74. The van der Waals surface area contributed by atoms with Crippen LogP contribution in [0.1, 0.15) is 200 Å². The summed E-state index contributed by atoms with van der Waals surface area (Å²) < 4.78 is 3.14. The van der Waals surface area contributed by atoms with Gasteiger partial charge in [0.1, 0.15) is 8.10 Å². The molecular weight excluding hydrogens is 688 g/mol. The Bertz CT molecular complexity index is 477. The van der Waals surface area contributed by atoms with Crippen molar-refractivity contribution in [1.82, 2.24) is 0 Å². The van der Waals surface area contributed by atoms with Crippen LogP contribution in [0.2, 0.25) is 0 Å². The fourth-order valence-electron chi connectivity index (χ4n) is 6.66. The lowest BCUT2D eigenvalue weighted by Crippen LogP contribution is -2.55. The molecule has 0 aromatic heterocycles. The summed E-state index contributed by atoms with van der Waals surface area (Å²) in [5.74, 6) is 0. The Morgan fingerprint density at radius 1 is 0.395 bits per heavy atom. The van der Waals surface area contributed by atoms with E-state index in [2.05, 4.69) is 59.0 Å². The van der Waals surface area contributed by atoms with Crippen molar-refractivity contribution < 1.29 is 4.48 Å². The Labute approximate surface area is 269 Å². The number of halogens is 2. The van der Waals surface area contributed by atoms with E-state index < -0.39 is 0 Å². The largest absolute Gasteiger partial charge is 0.303 e. The average Bonchev–Trinajstić information content (AvgIpc) is 3.43. The summed E-state index contributed by atoms with van der Waals surface area (Å²) in [5.41, 5.74) is 0. The highest BCUT2D eigenvalue weighted by Crippen LogP contribution is 2.38. The zero-order valence-corrected chi connectivity index (χ0v) is 30.6. The van der Waals surface area contributed by atoms with Gasteiger partial charge in [-0.15, -0.1) is 0 Å². The maximum atomic E-state index is 2.87. The lowest BCUT2D eigenvalue weighted by atomic mass is 10.0. The van der Waals surface area contributed by atoms with Crippen molar-refractivity contribution in [3.63, 3.8) is 0 Å². The fraction of sp³-hybridized carbons (Fsp3) is 1.00. The summed E-state index contributed by atoms with van der Waals surface area (Å²) in [5, 5.41) is 0. The number of likely N-dealkylation sites (tertiary alicyclic amines) is 1. The molecule has 1 rings (SSSR count). The molecule has 1 fully saturated rings. The molecule has 0 radical (unpaired) electrons. The maximum Gasteiger partial charge on any atom is 0.140 e. The zero-order valence-electron chi connectivity index (χ0n) is 26.3. The number of unbranched alkanes of at least 4 members (excludes halogenated alkanes) is 23. The first-order chi connectivity index (χ1) is 18.7. The molecule has 1 saturated heterocycles. The molecule has 0 aromatic carbocycles.